The molecule has 0 unspecified atom stereocenters. The molecular weight excluding hydrogens is 223 g/mol. The molecule has 2 rings (SSSR count). The fourth-order valence-electron chi connectivity index (χ4n) is 1.21. The van der Waals surface area contributed by atoms with Crippen LogP contribution in [0.4, 0.5) is 0 Å². The Balaban J connectivity index is 2.76. The number of Topliss-reactive ketones (excluding diaryl/α,β-unsaturated/α-hetero) is 1. The first kappa shape index (κ1) is 9.49. The maximum Gasteiger partial charge on any atom is 0.195 e. The van der Waals surface area contributed by atoms with Gasteiger partial charge in [0.05, 0.1) is 10.5 Å². The van der Waals surface area contributed by atoms with Gasteiger partial charge in [-0.2, -0.15) is 0 Å². The number of halogens is 2. The van der Waals surface area contributed by atoms with Crippen molar-refractivity contribution >= 4 is 40.0 Å². The van der Waals surface area contributed by atoms with Crippen molar-refractivity contribution in [2.24, 2.45) is 0 Å². The Kier molecular flexibility index (Phi) is 2.21. The molecule has 0 aliphatic carbocycles. The summed E-state index contributed by atoms with van der Waals surface area (Å²) in [5.41, 5.74) is 1.24. The minimum Gasteiger partial charge on any atom is -0.335 e. The number of aromatic amines is 1. The highest BCUT2D eigenvalue weighted by molar-refractivity contribution is 6.38. The number of rotatable bonds is 1. The molecule has 1 heterocycles. The summed E-state index contributed by atoms with van der Waals surface area (Å²) < 4.78 is 0. The molecule has 1 aromatic carbocycles. The molecule has 2 aromatic rings. The number of carbonyl (C=O) groups excluding carboxylic acids is 1. The Morgan fingerprint density at radius 1 is 1.43 bits per heavy atom. The van der Waals surface area contributed by atoms with E-state index in [9.17, 15) is 4.79 Å². The quantitative estimate of drug-likeness (QED) is 0.763. The van der Waals surface area contributed by atoms with E-state index >= 15 is 0 Å². The number of H-pyrrole nitrogens is 1. The van der Waals surface area contributed by atoms with Crippen molar-refractivity contribution in [1.29, 1.82) is 0 Å². The van der Waals surface area contributed by atoms with Crippen LogP contribution in [0.2, 0.25) is 10.0 Å². The van der Waals surface area contributed by atoms with Crippen LogP contribution in [0.3, 0.4) is 0 Å². The number of carbonyl (C=O) groups is 1. The van der Waals surface area contributed by atoms with Gasteiger partial charge in [-0.05, 0) is 12.1 Å². The van der Waals surface area contributed by atoms with E-state index in [-0.39, 0.29) is 5.78 Å². The lowest BCUT2D eigenvalue weighted by atomic mass is 10.3. The van der Waals surface area contributed by atoms with Crippen LogP contribution in [-0.4, -0.2) is 15.8 Å². The van der Waals surface area contributed by atoms with Crippen LogP contribution in [-0.2, 0) is 0 Å². The van der Waals surface area contributed by atoms with Gasteiger partial charge in [-0.1, -0.05) is 23.2 Å². The zero-order valence-corrected chi connectivity index (χ0v) is 8.78. The maximum absolute atomic E-state index is 11.0. The monoisotopic (exact) mass is 228 g/mol. The van der Waals surface area contributed by atoms with Crippen molar-refractivity contribution in [1.82, 2.24) is 9.97 Å². The predicted molar refractivity (Wildman–Crippen MR) is 56.1 cm³/mol. The molecule has 1 N–H and O–H groups in total. The molecular formula is C9H6Cl2N2O. The minimum absolute atomic E-state index is 0.131. The van der Waals surface area contributed by atoms with E-state index in [1.807, 2.05) is 0 Å². The molecule has 0 aliphatic heterocycles. The van der Waals surface area contributed by atoms with Crippen LogP contribution in [0, 0.1) is 0 Å². The summed E-state index contributed by atoms with van der Waals surface area (Å²) in [6.45, 7) is 1.44. The Bertz CT molecular complexity index is 519. The van der Waals surface area contributed by atoms with Gasteiger partial charge in [0, 0.05) is 11.9 Å². The van der Waals surface area contributed by atoms with Gasteiger partial charge in [-0.15, -0.1) is 0 Å². The molecule has 0 spiro atoms. The first-order valence-corrected chi connectivity index (χ1v) is 4.69. The SMILES string of the molecule is CC(=O)c1nc2c(Cl)cc(Cl)cc2[nH]1. The molecule has 3 nitrogen and oxygen atoms in total. The molecule has 1 aromatic heterocycles. The summed E-state index contributed by atoms with van der Waals surface area (Å²) in [6, 6.07) is 3.28. The van der Waals surface area contributed by atoms with Gasteiger partial charge in [0.1, 0.15) is 5.52 Å². The molecule has 0 bridgehead atoms. The fraction of sp³-hybridized carbons (Fsp3) is 0.111. The van der Waals surface area contributed by atoms with Gasteiger partial charge < -0.3 is 4.98 Å². The maximum atomic E-state index is 11.0. The van der Waals surface area contributed by atoms with Gasteiger partial charge in [-0.3, -0.25) is 4.79 Å². The molecule has 14 heavy (non-hydrogen) atoms. The Morgan fingerprint density at radius 3 is 2.79 bits per heavy atom. The first-order valence-electron chi connectivity index (χ1n) is 3.93. The summed E-state index contributed by atoms with van der Waals surface area (Å²) in [4.78, 5) is 17.9. The Labute approximate surface area is 90.0 Å². The third-order valence-electron chi connectivity index (χ3n) is 1.84. The van der Waals surface area contributed by atoms with Crippen LogP contribution >= 0.6 is 23.2 Å². The van der Waals surface area contributed by atoms with Crippen molar-refractivity contribution < 1.29 is 4.79 Å². The number of ketones is 1. The van der Waals surface area contributed by atoms with Crippen molar-refractivity contribution in [3.63, 3.8) is 0 Å². The summed E-state index contributed by atoms with van der Waals surface area (Å²) in [5, 5.41) is 0.956. The lowest BCUT2D eigenvalue weighted by Gasteiger charge is -1.92. The fourth-order valence-corrected chi connectivity index (χ4v) is 1.74. The minimum atomic E-state index is -0.131. The normalized spacial score (nSPS) is 10.8. The predicted octanol–water partition coefficient (Wildman–Crippen LogP) is 3.07. The lowest BCUT2D eigenvalue weighted by Crippen LogP contribution is -1.93. The first-order chi connectivity index (χ1) is 6.58. The summed E-state index contributed by atoms with van der Waals surface area (Å²) in [5.74, 6) is 0.164. The van der Waals surface area contributed by atoms with Gasteiger partial charge in [-0.25, -0.2) is 4.98 Å². The van der Waals surface area contributed by atoms with E-state index in [0.29, 0.717) is 26.9 Å². The summed E-state index contributed by atoms with van der Waals surface area (Å²) in [6.07, 6.45) is 0. The van der Waals surface area contributed by atoms with Gasteiger partial charge >= 0.3 is 0 Å². The average Bonchev–Trinajstić information content (AvgIpc) is 2.47. The van der Waals surface area contributed by atoms with Gasteiger partial charge in [0.15, 0.2) is 11.6 Å². The van der Waals surface area contributed by atoms with E-state index in [4.69, 9.17) is 23.2 Å². The highest BCUT2D eigenvalue weighted by Gasteiger charge is 2.10. The second-order valence-electron chi connectivity index (χ2n) is 2.93. The van der Waals surface area contributed by atoms with Crippen molar-refractivity contribution in [2.75, 3.05) is 0 Å². The smallest absolute Gasteiger partial charge is 0.195 e. The number of hydrogen-bond donors (Lipinski definition) is 1. The largest absolute Gasteiger partial charge is 0.335 e. The van der Waals surface area contributed by atoms with Crippen LogP contribution < -0.4 is 0 Å². The number of nitrogens with one attached hydrogen (secondary N) is 1. The summed E-state index contributed by atoms with van der Waals surface area (Å²) >= 11 is 11.7. The van der Waals surface area contributed by atoms with Crippen molar-refractivity contribution in [2.45, 2.75) is 6.92 Å². The van der Waals surface area contributed by atoms with Crippen LogP contribution in [0.1, 0.15) is 17.5 Å². The molecule has 0 amide bonds. The molecule has 0 fully saturated rings. The highest BCUT2D eigenvalue weighted by atomic mass is 35.5. The molecule has 0 saturated carbocycles. The Morgan fingerprint density at radius 2 is 2.14 bits per heavy atom. The van der Waals surface area contributed by atoms with Gasteiger partial charge in [0.2, 0.25) is 0 Å². The van der Waals surface area contributed by atoms with E-state index in [2.05, 4.69) is 9.97 Å². The van der Waals surface area contributed by atoms with Crippen LogP contribution in [0.25, 0.3) is 11.0 Å². The average molecular weight is 229 g/mol. The zero-order valence-electron chi connectivity index (χ0n) is 7.27. The molecule has 72 valence electrons. The molecule has 0 aliphatic rings. The highest BCUT2D eigenvalue weighted by Crippen LogP contribution is 2.26. The standard InChI is InChI=1S/C9H6Cl2N2O/c1-4(14)9-12-7-3-5(10)2-6(11)8(7)13-9/h2-3H,1H3,(H,12,13). The van der Waals surface area contributed by atoms with Gasteiger partial charge in [0.25, 0.3) is 0 Å². The van der Waals surface area contributed by atoms with E-state index < -0.39 is 0 Å². The Hall–Kier alpha value is -1.06. The number of benzene rings is 1. The third kappa shape index (κ3) is 1.49. The number of fused-ring (bicyclic) bond motifs is 1. The number of aromatic nitrogens is 2. The number of nitrogens with zero attached hydrogens (tertiary/aromatic N) is 1. The number of hydrogen-bond acceptors (Lipinski definition) is 2. The number of imidazole rings is 1. The van der Waals surface area contributed by atoms with Crippen molar-refractivity contribution in [3.8, 4) is 0 Å². The van der Waals surface area contributed by atoms with E-state index in [0.717, 1.165) is 0 Å². The molecule has 0 atom stereocenters. The lowest BCUT2D eigenvalue weighted by molar-refractivity contribution is 0.100. The van der Waals surface area contributed by atoms with Crippen LogP contribution in [0.5, 0.6) is 0 Å². The van der Waals surface area contributed by atoms with Crippen LogP contribution in [0.15, 0.2) is 12.1 Å². The third-order valence-corrected chi connectivity index (χ3v) is 2.34. The zero-order chi connectivity index (χ0) is 10.3. The molecule has 0 saturated heterocycles. The van der Waals surface area contributed by atoms with Crippen molar-refractivity contribution in [3.05, 3.63) is 28.0 Å². The summed E-state index contributed by atoms with van der Waals surface area (Å²) in [7, 11) is 0. The second kappa shape index (κ2) is 3.26. The van der Waals surface area contributed by atoms with E-state index in [1.165, 1.54) is 6.92 Å². The molecule has 5 heteroatoms. The van der Waals surface area contributed by atoms with E-state index in [1.54, 1.807) is 12.1 Å². The molecule has 0 radical (unpaired) electrons. The second-order valence-corrected chi connectivity index (χ2v) is 3.77. The topological polar surface area (TPSA) is 45.8 Å².